The molecule has 17 heavy (non-hydrogen) atoms. The molecule has 0 radical (unpaired) electrons. The molecule has 1 rings (SSSR count). The predicted molar refractivity (Wildman–Crippen MR) is 74.3 cm³/mol. The molecule has 3 unspecified atom stereocenters. The van der Waals surface area contributed by atoms with Gasteiger partial charge in [0.2, 0.25) is 0 Å². The van der Waals surface area contributed by atoms with Gasteiger partial charge in [-0.2, -0.15) is 0 Å². The Morgan fingerprint density at radius 3 is 2.47 bits per heavy atom. The lowest BCUT2D eigenvalue weighted by Crippen LogP contribution is -2.46. The predicted octanol–water partition coefficient (Wildman–Crippen LogP) is 3.75. The van der Waals surface area contributed by atoms with E-state index in [1.54, 1.807) is 0 Å². The highest BCUT2D eigenvalue weighted by Gasteiger charge is 2.25. The first kappa shape index (κ1) is 15.0. The Hall–Kier alpha value is -0.0800. The second kappa shape index (κ2) is 8.10. The van der Waals surface area contributed by atoms with Gasteiger partial charge in [0.1, 0.15) is 0 Å². The Bertz CT molecular complexity index is 193. The zero-order valence-electron chi connectivity index (χ0n) is 12.2. The number of rotatable bonds is 7. The van der Waals surface area contributed by atoms with Crippen molar-refractivity contribution in [1.29, 1.82) is 0 Å². The van der Waals surface area contributed by atoms with E-state index in [1.807, 2.05) is 7.11 Å². The van der Waals surface area contributed by atoms with Gasteiger partial charge >= 0.3 is 0 Å². The van der Waals surface area contributed by atoms with Crippen LogP contribution in [0.2, 0.25) is 0 Å². The van der Waals surface area contributed by atoms with Crippen molar-refractivity contribution >= 4 is 0 Å². The van der Waals surface area contributed by atoms with Crippen molar-refractivity contribution < 1.29 is 4.74 Å². The maximum absolute atomic E-state index is 5.58. The maximum Gasteiger partial charge on any atom is 0.0724 e. The molecule has 0 amide bonds. The topological polar surface area (TPSA) is 21.3 Å². The molecule has 3 atom stereocenters. The van der Waals surface area contributed by atoms with Gasteiger partial charge in [0.25, 0.3) is 0 Å². The lowest BCUT2D eigenvalue weighted by atomic mass is 9.91. The molecule has 0 heterocycles. The summed E-state index contributed by atoms with van der Waals surface area (Å²) in [5.41, 5.74) is 0. The number of methoxy groups -OCH3 is 1. The SMILES string of the molecule is COC1CCCCC1NC(C)CCCC(C)C. The number of nitrogens with one attached hydrogen (secondary N) is 1. The van der Waals surface area contributed by atoms with Crippen LogP contribution >= 0.6 is 0 Å². The van der Waals surface area contributed by atoms with E-state index in [9.17, 15) is 0 Å². The van der Waals surface area contributed by atoms with Crippen molar-refractivity contribution in [3.8, 4) is 0 Å². The fraction of sp³-hybridized carbons (Fsp3) is 1.00. The Morgan fingerprint density at radius 1 is 1.12 bits per heavy atom. The zero-order valence-corrected chi connectivity index (χ0v) is 12.2. The van der Waals surface area contributed by atoms with Crippen molar-refractivity contribution in [2.45, 2.75) is 83.9 Å². The van der Waals surface area contributed by atoms with Crippen LogP contribution in [0.3, 0.4) is 0 Å². The van der Waals surface area contributed by atoms with Crippen LogP contribution in [-0.2, 0) is 4.74 Å². The molecule has 0 spiro atoms. The largest absolute Gasteiger partial charge is 0.380 e. The molecule has 2 heteroatoms. The summed E-state index contributed by atoms with van der Waals surface area (Å²) >= 11 is 0. The molecule has 1 N–H and O–H groups in total. The van der Waals surface area contributed by atoms with E-state index in [2.05, 4.69) is 26.1 Å². The smallest absolute Gasteiger partial charge is 0.0724 e. The first-order chi connectivity index (χ1) is 8.13. The molecule has 1 fully saturated rings. The summed E-state index contributed by atoms with van der Waals surface area (Å²) in [7, 11) is 1.86. The van der Waals surface area contributed by atoms with E-state index in [-0.39, 0.29) is 0 Å². The normalized spacial score (nSPS) is 27.4. The third-order valence-electron chi connectivity index (χ3n) is 3.92. The van der Waals surface area contributed by atoms with Crippen molar-refractivity contribution in [2.24, 2.45) is 5.92 Å². The fourth-order valence-corrected chi connectivity index (χ4v) is 2.85. The highest BCUT2D eigenvalue weighted by molar-refractivity contribution is 4.83. The van der Waals surface area contributed by atoms with Gasteiger partial charge in [-0.25, -0.2) is 0 Å². The average Bonchev–Trinajstić information content (AvgIpc) is 2.29. The van der Waals surface area contributed by atoms with Gasteiger partial charge in [0.15, 0.2) is 0 Å². The average molecular weight is 241 g/mol. The quantitative estimate of drug-likeness (QED) is 0.733. The van der Waals surface area contributed by atoms with Crippen LogP contribution in [-0.4, -0.2) is 25.3 Å². The molecule has 0 aromatic carbocycles. The fourth-order valence-electron chi connectivity index (χ4n) is 2.85. The maximum atomic E-state index is 5.58. The summed E-state index contributed by atoms with van der Waals surface area (Å²) < 4.78 is 5.58. The van der Waals surface area contributed by atoms with Crippen molar-refractivity contribution in [3.05, 3.63) is 0 Å². The molecule has 1 saturated carbocycles. The zero-order chi connectivity index (χ0) is 12.7. The van der Waals surface area contributed by atoms with Crippen molar-refractivity contribution in [1.82, 2.24) is 5.32 Å². The summed E-state index contributed by atoms with van der Waals surface area (Å²) in [5.74, 6) is 0.837. The third kappa shape index (κ3) is 5.87. The number of ether oxygens (including phenoxy) is 1. The van der Waals surface area contributed by atoms with E-state index < -0.39 is 0 Å². The second-order valence-electron chi connectivity index (χ2n) is 6.06. The Balaban J connectivity index is 2.21. The minimum Gasteiger partial charge on any atom is -0.380 e. The first-order valence-electron chi connectivity index (χ1n) is 7.42. The molecule has 0 aromatic rings. The van der Waals surface area contributed by atoms with Crippen LogP contribution < -0.4 is 5.32 Å². The van der Waals surface area contributed by atoms with E-state index in [1.165, 1.54) is 44.9 Å². The monoisotopic (exact) mass is 241 g/mol. The van der Waals surface area contributed by atoms with Crippen LogP contribution in [0.5, 0.6) is 0 Å². The Labute approximate surface area is 108 Å². The lowest BCUT2D eigenvalue weighted by molar-refractivity contribution is 0.0379. The van der Waals surface area contributed by atoms with Crippen molar-refractivity contribution in [2.75, 3.05) is 7.11 Å². The minimum absolute atomic E-state index is 0.441. The summed E-state index contributed by atoms with van der Waals surface area (Å²) in [6, 6.07) is 1.22. The molecule has 2 nitrogen and oxygen atoms in total. The second-order valence-corrected chi connectivity index (χ2v) is 6.06. The highest BCUT2D eigenvalue weighted by Crippen LogP contribution is 2.21. The van der Waals surface area contributed by atoms with Crippen LogP contribution in [0, 0.1) is 5.92 Å². The Morgan fingerprint density at radius 2 is 1.82 bits per heavy atom. The summed E-state index contributed by atoms with van der Waals surface area (Å²) in [5, 5.41) is 3.77. The van der Waals surface area contributed by atoms with Crippen LogP contribution in [0.4, 0.5) is 0 Å². The van der Waals surface area contributed by atoms with Gasteiger partial charge in [0.05, 0.1) is 6.10 Å². The molecule has 102 valence electrons. The summed E-state index contributed by atoms with van der Waals surface area (Å²) in [6.07, 6.45) is 9.64. The van der Waals surface area contributed by atoms with E-state index in [0.717, 1.165) is 5.92 Å². The molecule has 0 aromatic heterocycles. The molecule has 0 bridgehead atoms. The highest BCUT2D eigenvalue weighted by atomic mass is 16.5. The van der Waals surface area contributed by atoms with Gasteiger partial charge in [-0.1, -0.05) is 39.5 Å². The molecule has 0 saturated heterocycles. The lowest BCUT2D eigenvalue weighted by Gasteiger charge is -2.33. The minimum atomic E-state index is 0.441. The molecular formula is C15H31NO. The van der Waals surface area contributed by atoms with Gasteiger partial charge in [-0.3, -0.25) is 0 Å². The van der Waals surface area contributed by atoms with Gasteiger partial charge in [-0.15, -0.1) is 0 Å². The van der Waals surface area contributed by atoms with Crippen LogP contribution in [0.1, 0.15) is 65.7 Å². The van der Waals surface area contributed by atoms with Gasteiger partial charge in [-0.05, 0) is 32.1 Å². The molecule has 1 aliphatic rings. The standard InChI is InChI=1S/C15H31NO/c1-12(2)8-7-9-13(3)16-14-10-5-6-11-15(14)17-4/h12-16H,5-11H2,1-4H3. The van der Waals surface area contributed by atoms with E-state index >= 15 is 0 Å². The Kier molecular flexibility index (Phi) is 7.14. The van der Waals surface area contributed by atoms with Gasteiger partial charge < -0.3 is 10.1 Å². The van der Waals surface area contributed by atoms with Gasteiger partial charge in [0, 0.05) is 19.2 Å². The molecule has 1 aliphatic carbocycles. The summed E-state index contributed by atoms with van der Waals surface area (Å²) in [4.78, 5) is 0. The number of hydrogen-bond acceptors (Lipinski definition) is 2. The molecule has 0 aliphatic heterocycles. The first-order valence-corrected chi connectivity index (χ1v) is 7.42. The number of hydrogen-bond donors (Lipinski definition) is 1. The van der Waals surface area contributed by atoms with E-state index in [0.29, 0.717) is 18.2 Å². The molecular weight excluding hydrogens is 210 g/mol. The van der Waals surface area contributed by atoms with Crippen LogP contribution in [0.15, 0.2) is 0 Å². The van der Waals surface area contributed by atoms with Crippen molar-refractivity contribution in [3.63, 3.8) is 0 Å². The van der Waals surface area contributed by atoms with Crippen LogP contribution in [0.25, 0.3) is 0 Å². The summed E-state index contributed by atoms with van der Waals surface area (Å²) in [6.45, 7) is 6.93. The third-order valence-corrected chi connectivity index (χ3v) is 3.92. The van der Waals surface area contributed by atoms with E-state index in [4.69, 9.17) is 4.74 Å².